The lowest BCUT2D eigenvalue weighted by Crippen LogP contribution is -2.71. The van der Waals surface area contributed by atoms with Crippen LogP contribution in [0.25, 0.3) is 4.85 Å². The zero-order valence-electron chi connectivity index (χ0n) is 23.2. The molecule has 1 spiro atoms. The molecule has 5 aliphatic carbocycles. The predicted octanol–water partition coefficient (Wildman–Crippen LogP) is 5.92. The Morgan fingerprint density at radius 1 is 1.03 bits per heavy atom. The molecule has 0 unspecified atom stereocenters. The van der Waals surface area contributed by atoms with Crippen LogP contribution in [0.15, 0.2) is 23.1 Å². The van der Waals surface area contributed by atoms with Gasteiger partial charge in [-0.25, -0.2) is 4.85 Å². The van der Waals surface area contributed by atoms with Crippen LogP contribution in [0.4, 0.5) is 0 Å². The predicted molar refractivity (Wildman–Crippen MR) is 138 cm³/mol. The zero-order valence-corrected chi connectivity index (χ0v) is 23.2. The third-order valence-corrected chi connectivity index (χ3v) is 13.1. The van der Waals surface area contributed by atoms with Crippen molar-refractivity contribution in [2.24, 2.45) is 44.3 Å². The molecule has 0 aromatic carbocycles. The first kappa shape index (κ1) is 25.2. The summed E-state index contributed by atoms with van der Waals surface area (Å²) in [6.45, 7) is 20.5. The monoisotopic (exact) mass is 507 g/mol. The van der Waals surface area contributed by atoms with Gasteiger partial charge in [-0.05, 0) is 79.6 Å². The van der Waals surface area contributed by atoms with Crippen LogP contribution < -0.4 is 0 Å². The van der Waals surface area contributed by atoms with Crippen molar-refractivity contribution < 1.29 is 24.5 Å². The maximum atomic E-state index is 14.6. The summed E-state index contributed by atoms with van der Waals surface area (Å²) < 4.78 is 6.46. The van der Waals surface area contributed by atoms with Crippen molar-refractivity contribution in [1.82, 2.24) is 0 Å². The summed E-state index contributed by atoms with van der Waals surface area (Å²) in [5.74, 6) is -0.491. The number of aliphatic hydroxyl groups is 2. The number of fused-ring (bicyclic) bond motifs is 4. The molecule has 2 bridgehead atoms. The highest BCUT2D eigenvalue weighted by Crippen LogP contribution is 2.79. The number of hydrogen-bond acceptors (Lipinski definition) is 5. The molecule has 1 saturated heterocycles. The van der Waals surface area contributed by atoms with E-state index in [1.165, 1.54) is 0 Å². The van der Waals surface area contributed by atoms with E-state index in [0.717, 1.165) is 50.5 Å². The summed E-state index contributed by atoms with van der Waals surface area (Å²) in [7, 11) is 0. The summed E-state index contributed by atoms with van der Waals surface area (Å²) >= 11 is 0. The molecule has 200 valence electrons. The van der Waals surface area contributed by atoms with E-state index >= 15 is 0 Å². The van der Waals surface area contributed by atoms with Crippen LogP contribution in [0.3, 0.4) is 0 Å². The molecule has 4 fully saturated rings. The molecule has 37 heavy (non-hydrogen) atoms. The molecule has 8 atom stereocenters. The van der Waals surface area contributed by atoms with Gasteiger partial charge in [0.1, 0.15) is 5.76 Å². The Morgan fingerprint density at radius 3 is 2.35 bits per heavy atom. The molecule has 1 heterocycles. The molecule has 3 saturated carbocycles. The number of carbonyl (C=O) groups excluding carboxylic acids is 2. The molecule has 0 radical (unpaired) electrons. The first-order chi connectivity index (χ1) is 17.1. The van der Waals surface area contributed by atoms with E-state index in [2.05, 4.69) is 39.5 Å². The average molecular weight is 508 g/mol. The van der Waals surface area contributed by atoms with Crippen molar-refractivity contribution in [2.45, 2.75) is 98.5 Å². The fraction of sp³-hybridized carbons (Fsp3) is 0.774. The number of esters is 1. The first-order valence-corrected chi connectivity index (χ1v) is 14.0. The van der Waals surface area contributed by atoms with E-state index in [1.54, 1.807) is 6.08 Å². The fourth-order valence-electron chi connectivity index (χ4n) is 10.7. The van der Waals surface area contributed by atoms with Gasteiger partial charge < -0.3 is 14.9 Å². The third-order valence-electron chi connectivity index (χ3n) is 13.1. The molecule has 2 N–H and O–H groups in total. The number of rotatable bonds is 1. The minimum absolute atomic E-state index is 0.00175. The lowest BCUT2D eigenvalue weighted by Gasteiger charge is -2.69. The second-order valence-corrected chi connectivity index (χ2v) is 15.0. The Kier molecular flexibility index (Phi) is 4.69. The Bertz CT molecular complexity index is 1240. The van der Waals surface area contributed by atoms with Crippen LogP contribution in [0.2, 0.25) is 0 Å². The van der Waals surface area contributed by atoms with Crippen molar-refractivity contribution in [3.63, 3.8) is 0 Å². The van der Waals surface area contributed by atoms with Crippen molar-refractivity contribution in [1.29, 1.82) is 0 Å². The zero-order chi connectivity index (χ0) is 27.0. The van der Waals surface area contributed by atoms with Crippen LogP contribution in [0.5, 0.6) is 0 Å². The number of hydrogen-bond donors (Lipinski definition) is 2. The summed E-state index contributed by atoms with van der Waals surface area (Å²) in [6.07, 6.45) is 7.75. The fourth-order valence-corrected chi connectivity index (χ4v) is 10.7. The molecule has 6 aliphatic rings. The lowest BCUT2D eigenvalue weighted by atomic mass is 9.33. The Labute approximate surface area is 220 Å². The molecule has 0 aromatic heterocycles. The maximum absolute atomic E-state index is 14.6. The van der Waals surface area contributed by atoms with Crippen molar-refractivity contribution in [3.05, 3.63) is 34.5 Å². The topological polar surface area (TPSA) is 88.2 Å². The summed E-state index contributed by atoms with van der Waals surface area (Å²) in [4.78, 5) is 31.9. The van der Waals surface area contributed by atoms with Gasteiger partial charge in [-0.15, -0.1) is 0 Å². The number of carbonyl (C=O) groups is 2. The smallest absolute Gasteiger partial charge is 0.313 e. The summed E-state index contributed by atoms with van der Waals surface area (Å²) in [5.41, 5.74) is -2.86. The van der Waals surface area contributed by atoms with Gasteiger partial charge in [0.05, 0.1) is 18.6 Å². The highest BCUT2D eigenvalue weighted by molar-refractivity contribution is 6.05. The van der Waals surface area contributed by atoms with E-state index in [0.29, 0.717) is 6.42 Å². The average Bonchev–Trinajstić information content (AvgIpc) is 3.03. The third kappa shape index (κ3) is 2.48. The van der Waals surface area contributed by atoms with Gasteiger partial charge in [-0.3, -0.25) is 9.59 Å². The van der Waals surface area contributed by atoms with E-state index in [9.17, 15) is 19.8 Å². The number of ether oxygens (including phenoxy) is 1. The van der Waals surface area contributed by atoms with Crippen LogP contribution in [0, 0.1) is 50.9 Å². The second kappa shape index (κ2) is 6.89. The number of allylic oxidation sites excluding steroid dienone is 2. The summed E-state index contributed by atoms with van der Waals surface area (Å²) in [5, 5.41) is 21.5. The van der Waals surface area contributed by atoms with Crippen LogP contribution >= 0.6 is 0 Å². The Hall–Kier alpha value is -2.13. The highest BCUT2D eigenvalue weighted by Gasteiger charge is 2.82. The quantitative estimate of drug-likeness (QED) is 0.340. The SMILES string of the molecule is [C-]#[N+]C1=C(O)[C@@](C)(CO)[C@@H]2CC[C@]3(C)C(=CC(=O)[C@]45OC(=O)[C@@]6(CCC(C)(C)C[C@H]64)CC[C@@]35C)[C@@]2(C)C1. The van der Waals surface area contributed by atoms with E-state index < -0.39 is 32.7 Å². The standard InChI is InChI=1S/C31H41NO5/c1-25(2)10-12-30-13-11-29(6)28(5)9-8-19-26(3,15-18(32-7)23(35)27(19,4)17-33)20(28)14-22(34)31(29,21(30)16-25)37-24(30)36/h14,19,21,33,35H,8-13,15-17H2,1-6H3/t19-,21-,26+,27+,28-,29+,30+,31-/m1/s1. The van der Waals surface area contributed by atoms with Crippen LogP contribution in [0.1, 0.15) is 92.9 Å². The van der Waals surface area contributed by atoms with E-state index in [4.69, 9.17) is 11.3 Å². The molecule has 6 rings (SSSR count). The minimum Gasteiger partial charge on any atom is -0.523 e. The van der Waals surface area contributed by atoms with Crippen molar-refractivity contribution in [2.75, 3.05) is 6.61 Å². The van der Waals surface area contributed by atoms with Gasteiger partial charge in [0.25, 0.3) is 0 Å². The van der Waals surface area contributed by atoms with Crippen molar-refractivity contribution in [3.8, 4) is 0 Å². The molecule has 1 aliphatic heterocycles. The molecule has 0 aromatic rings. The highest BCUT2D eigenvalue weighted by atomic mass is 16.6. The Morgan fingerprint density at radius 2 is 1.70 bits per heavy atom. The van der Waals surface area contributed by atoms with E-state index in [-0.39, 0.29) is 47.1 Å². The minimum atomic E-state index is -1.16. The first-order valence-electron chi connectivity index (χ1n) is 14.0. The summed E-state index contributed by atoms with van der Waals surface area (Å²) in [6, 6.07) is 0. The van der Waals surface area contributed by atoms with Gasteiger partial charge in [0, 0.05) is 16.7 Å². The molecule has 0 amide bonds. The largest absolute Gasteiger partial charge is 0.523 e. The van der Waals surface area contributed by atoms with Crippen LogP contribution in [-0.2, 0) is 14.3 Å². The number of aliphatic hydroxyl groups excluding tert-OH is 2. The van der Waals surface area contributed by atoms with Gasteiger partial charge in [-0.2, -0.15) is 0 Å². The number of ketones is 1. The normalized spacial score (nSPS) is 51.7. The van der Waals surface area contributed by atoms with Gasteiger partial charge >= 0.3 is 5.97 Å². The van der Waals surface area contributed by atoms with E-state index in [1.807, 2.05) is 6.92 Å². The van der Waals surface area contributed by atoms with Crippen molar-refractivity contribution >= 4 is 11.8 Å². The van der Waals surface area contributed by atoms with Gasteiger partial charge in [-0.1, -0.05) is 47.1 Å². The maximum Gasteiger partial charge on any atom is 0.313 e. The molecule has 6 heteroatoms. The van der Waals surface area contributed by atoms with Gasteiger partial charge in [0.2, 0.25) is 5.70 Å². The molecular formula is C31H41NO5. The Balaban J connectivity index is 1.58. The number of nitrogens with zero attached hydrogens (tertiary/aromatic N) is 1. The van der Waals surface area contributed by atoms with Crippen LogP contribution in [-0.4, -0.2) is 34.2 Å². The lowest BCUT2D eigenvalue weighted by molar-refractivity contribution is -0.208. The molecule has 6 nitrogen and oxygen atoms in total. The van der Waals surface area contributed by atoms with Gasteiger partial charge in [0.15, 0.2) is 11.4 Å². The second-order valence-electron chi connectivity index (χ2n) is 15.0. The molecular weight excluding hydrogens is 466 g/mol.